The number of hydrogen-bond acceptors (Lipinski definition) is 4. The highest BCUT2D eigenvalue weighted by atomic mass is 32.1. The molecule has 1 aromatic carbocycles. The van der Waals surface area contributed by atoms with Gasteiger partial charge in [-0.05, 0) is 48.9 Å². The fourth-order valence-electron chi connectivity index (χ4n) is 2.45. The van der Waals surface area contributed by atoms with Crippen LogP contribution in [0.15, 0.2) is 53.1 Å². The van der Waals surface area contributed by atoms with Gasteiger partial charge in [0.1, 0.15) is 0 Å². The summed E-state index contributed by atoms with van der Waals surface area (Å²) in [6, 6.07) is 9.44. The smallest absolute Gasteiger partial charge is 0.291 e. The first kappa shape index (κ1) is 18.8. The molecule has 8 heteroatoms. The number of nitrogens with one attached hydrogen (secondary N) is 1. The van der Waals surface area contributed by atoms with Crippen molar-refractivity contribution in [3.05, 3.63) is 76.6 Å². The molecule has 3 rings (SSSR count). The van der Waals surface area contributed by atoms with Crippen LogP contribution in [-0.4, -0.2) is 23.8 Å². The van der Waals surface area contributed by atoms with Crippen molar-refractivity contribution >= 4 is 28.2 Å². The van der Waals surface area contributed by atoms with E-state index in [0.717, 1.165) is 23.5 Å². The monoisotopic (exact) mass is 390 g/mol. The zero-order valence-corrected chi connectivity index (χ0v) is 15.3. The Morgan fingerprint density at radius 3 is 2.59 bits per heavy atom. The van der Waals surface area contributed by atoms with Crippen LogP contribution in [0.2, 0.25) is 0 Å². The first-order chi connectivity index (χ1) is 12.9. The average Bonchev–Trinajstić information content (AvgIpc) is 3.34. The molecular weight excluding hydrogens is 374 g/mol. The number of anilines is 1. The quantitative estimate of drug-likeness (QED) is 0.687. The lowest BCUT2D eigenvalue weighted by Crippen LogP contribution is -2.29. The van der Waals surface area contributed by atoms with Crippen molar-refractivity contribution in [3.63, 3.8) is 0 Å². The number of benzene rings is 1. The Hall–Kier alpha value is -3.00. The summed E-state index contributed by atoms with van der Waals surface area (Å²) >= 11 is 1.11. The molecule has 0 saturated heterocycles. The van der Waals surface area contributed by atoms with Crippen LogP contribution in [0, 0.1) is 11.6 Å². The fourth-order valence-corrected chi connectivity index (χ4v) is 3.33. The van der Waals surface area contributed by atoms with Gasteiger partial charge in [-0.2, -0.15) is 0 Å². The molecule has 140 valence electrons. The van der Waals surface area contributed by atoms with E-state index in [1.807, 2.05) is 0 Å². The van der Waals surface area contributed by atoms with Crippen LogP contribution < -0.4 is 5.32 Å². The minimum atomic E-state index is -0.959. The fraction of sp³-hybridized carbons (Fsp3) is 0.158. The van der Waals surface area contributed by atoms with E-state index < -0.39 is 23.6 Å². The van der Waals surface area contributed by atoms with Crippen LogP contribution in [0.1, 0.15) is 38.8 Å². The number of furan rings is 1. The summed E-state index contributed by atoms with van der Waals surface area (Å²) in [5.41, 5.74) is 0.479. The Balaban J connectivity index is 1.70. The third-order valence-electron chi connectivity index (χ3n) is 4.13. The molecule has 2 aromatic heterocycles. The number of carbonyl (C=O) groups is 2. The van der Waals surface area contributed by atoms with Crippen LogP contribution in [0.25, 0.3) is 0 Å². The van der Waals surface area contributed by atoms with Crippen molar-refractivity contribution in [2.75, 3.05) is 12.4 Å². The van der Waals surface area contributed by atoms with Gasteiger partial charge in [-0.3, -0.25) is 9.59 Å². The van der Waals surface area contributed by atoms with Crippen molar-refractivity contribution in [3.8, 4) is 0 Å². The summed E-state index contributed by atoms with van der Waals surface area (Å²) in [6.45, 7) is 1.72. The van der Waals surface area contributed by atoms with Gasteiger partial charge in [0.2, 0.25) is 0 Å². The lowest BCUT2D eigenvalue weighted by Gasteiger charge is -2.25. The molecule has 3 aromatic rings. The van der Waals surface area contributed by atoms with E-state index in [9.17, 15) is 18.4 Å². The number of carbonyl (C=O) groups excluding carboxylic acids is 2. The van der Waals surface area contributed by atoms with E-state index in [1.165, 1.54) is 23.3 Å². The zero-order valence-electron chi connectivity index (χ0n) is 14.5. The van der Waals surface area contributed by atoms with Gasteiger partial charge in [-0.25, -0.2) is 8.78 Å². The summed E-state index contributed by atoms with van der Waals surface area (Å²) in [5.74, 6) is -2.44. The number of halogens is 2. The first-order valence-electron chi connectivity index (χ1n) is 8.03. The minimum absolute atomic E-state index is 0.167. The Bertz CT molecular complexity index is 969. The third kappa shape index (κ3) is 4.06. The van der Waals surface area contributed by atoms with E-state index >= 15 is 0 Å². The summed E-state index contributed by atoms with van der Waals surface area (Å²) in [4.78, 5) is 26.5. The SMILES string of the molecule is CC(c1ccc(F)c(F)c1)N(C)C(=O)c1ccc(NC(=O)c2ccco2)s1. The standard InChI is InChI=1S/C19H16F2N2O3S/c1-11(12-5-6-13(20)14(21)10-12)23(2)19(25)16-7-8-17(27-16)22-18(24)15-4-3-9-26-15/h3-11H,1-2H3,(H,22,24). The molecular formula is C19H16F2N2O3S. The Labute approximate surface area is 158 Å². The maximum absolute atomic E-state index is 13.4. The lowest BCUT2D eigenvalue weighted by atomic mass is 10.1. The number of rotatable bonds is 5. The zero-order chi connectivity index (χ0) is 19.6. The van der Waals surface area contributed by atoms with Gasteiger partial charge in [0.25, 0.3) is 11.8 Å². The Morgan fingerprint density at radius 1 is 1.15 bits per heavy atom. The first-order valence-corrected chi connectivity index (χ1v) is 8.85. The van der Waals surface area contributed by atoms with Crippen molar-refractivity contribution in [2.24, 2.45) is 0 Å². The summed E-state index contributed by atoms with van der Waals surface area (Å²) in [6.07, 6.45) is 1.40. The predicted octanol–water partition coefficient (Wildman–Crippen LogP) is 4.70. The molecule has 0 aliphatic rings. The van der Waals surface area contributed by atoms with Crippen molar-refractivity contribution in [1.82, 2.24) is 4.90 Å². The van der Waals surface area contributed by atoms with E-state index in [4.69, 9.17) is 4.42 Å². The molecule has 1 N–H and O–H groups in total. The molecule has 0 spiro atoms. The second-order valence-electron chi connectivity index (χ2n) is 5.86. The highest BCUT2D eigenvalue weighted by Gasteiger charge is 2.22. The number of amides is 2. The minimum Gasteiger partial charge on any atom is -0.459 e. The summed E-state index contributed by atoms with van der Waals surface area (Å²) in [7, 11) is 1.58. The van der Waals surface area contributed by atoms with E-state index in [1.54, 1.807) is 32.2 Å². The largest absolute Gasteiger partial charge is 0.459 e. The average molecular weight is 390 g/mol. The molecule has 1 atom stereocenters. The molecule has 0 fully saturated rings. The second-order valence-corrected chi connectivity index (χ2v) is 6.94. The molecule has 0 saturated carbocycles. The van der Waals surface area contributed by atoms with Gasteiger partial charge in [0.05, 0.1) is 22.2 Å². The second kappa shape index (κ2) is 7.71. The maximum atomic E-state index is 13.4. The molecule has 0 aliphatic carbocycles. The van der Waals surface area contributed by atoms with Crippen molar-refractivity contribution in [1.29, 1.82) is 0 Å². The van der Waals surface area contributed by atoms with Gasteiger partial charge in [-0.1, -0.05) is 6.07 Å². The molecule has 5 nitrogen and oxygen atoms in total. The molecule has 0 radical (unpaired) electrons. The molecule has 2 heterocycles. The molecule has 0 aliphatic heterocycles. The number of thiophene rings is 1. The molecule has 2 amide bonds. The normalized spacial score (nSPS) is 11.9. The predicted molar refractivity (Wildman–Crippen MR) is 97.8 cm³/mol. The summed E-state index contributed by atoms with van der Waals surface area (Å²) < 4.78 is 31.6. The van der Waals surface area contributed by atoms with Gasteiger partial charge in [0, 0.05) is 7.05 Å². The third-order valence-corrected chi connectivity index (χ3v) is 5.11. The van der Waals surface area contributed by atoms with E-state index in [2.05, 4.69) is 5.32 Å². The highest BCUT2D eigenvalue weighted by molar-refractivity contribution is 7.18. The van der Waals surface area contributed by atoms with Crippen LogP contribution in [0.4, 0.5) is 13.8 Å². The van der Waals surface area contributed by atoms with Crippen molar-refractivity contribution in [2.45, 2.75) is 13.0 Å². The molecule has 0 bridgehead atoms. The summed E-state index contributed by atoms with van der Waals surface area (Å²) in [5, 5.41) is 3.15. The van der Waals surface area contributed by atoms with E-state index in [0.29, 0.717) is 15.4 Å². The van der Waals surface area contributed by atoms with Gasteiger partial charge in [0.15, 0.2) is 17.4 Å². The topological polar surface area (TPSA) is 62.6 Å². The van der Waals surface area contributed by atoms with Gasteiger partial charge in [-0.15, -0.1) is 11.3 Å². The molecule has 27 heavy (non-hydrogen) atoms. The Kier molecular flexibility index (Phi) is 5.36. The number of nitrogens with zero attached hydrogens (tertiary/aromatic N) is 1. The molecule has 1 unspecified atom stereocenters. The number of hydrogen-bond donors (Lipinski definition) is 1. The van der Waals surface area contributed by atoms with Crippen LogP contribution >= 0.6 is 11.3 Å². The van der Waals surface area contributed by atoms with Gasteiger partial charge < -0.3 is 14.6 Å². The van der Waals surface area contributed by atoms with Crippen LogP contribution in [0.5, 0.6) is 0 Å². The van der Waals surface area contributed by atoms with Crippen LogP contribution in [0.3, 0.4) is 0 Å². The highest BCUT2D eigenvalue weighted by Crippen LogP contribution is 2.27. The van der Waals surface area contributed by atoms with E-state index in [-0.39, 0.29) is 11.7 Å². The van der Waals surface area contributed by atoms with Crippen molar-refractivity contribution < 1.29 is 22.8 Å². The maximum Gasteiger partial charge on any atom is 0.291 e. The van der Waals surface area contributed by atoms with Crippen LogP contribution in [-0.2, 0) is 0 Å². The Morgan fingerprint density at radius 2 is 1.93 bits per heavy atom. The van der Waals surface area contributed by atoms with Gasteiger partial charge >= 0.3 is 0 Å². The lowest BCUT2D eigenvalue weighted by molar-refractivity contribution is 0.0747.